The summed E-state index contributed by atoms with van der Waals surface area (Å²) in [6.07, 6.45) is 9.35. The molecule has 0 N–H and O–H groups in total. The van der Waals surface area contributed by atoms with Gasteiger partial charge in [0.15, 0.2) is 0 Å². The van der Waals surface area contributed by atoms with E-state index in [0.29, 0.717) is 44.8 Å². The van der Waals surface area contributed by atoms with Crippen LogP contribution in [0.1, 0.15) is 25.2 Å². The van der Waals surface area contributed by atoms with E-state index in [-0.39, 0.29) is 21.1 Å². The first-order valence-corrected chi connectivity index (χ1v) is 13.8. The van der Waals surface area contributed by atoms with Gasteiger partial charge in [0.25, 0.3) is 0 Å². The van der Waals surface area contributed by atoms with Crippen molar-refractivity contribution in [3.63, 3.8) is 0 Å². The second-order valence-electron chi connectivity index (χ2n) is 11.0. The average molecular weight is 760 g/mol. The van der Waals surface area contributed by atoms with E-state index in [2.05, 4.69) is 22.4 Å². The molecule has 6 aromatic heterocycles. The van der Waals surface area contributed by atoms with Crippen molar-refractivity contribution < 1.29 is 29.8 Å². The molecule has 0 fully saturated rings. The van der Waals surface area contributed by atoms with Crippen LogP contribution in [0.15, 0.2) is 97.3 Å². The van der Waals surface area contributed by atoms with Crippen molar-refractivity contribution in [1.82, 2.24) is 29.1 Å². The first-order valence-electron chi connectivity index (χ1n) is 13.8. The second kappa shape index (κ2) is 10.4. The third-order valence-corrected chi connectivity index (χ3v) is 8.03. The summed E-state index contributed by atoms with van der Waals surface area (Å²) in [5.41, 5.74) is 1.39. The Kier molecular flexibility index (Phi) is 6.63. The van der Waals surface area contributed by atoms with Crippen LogP contribution in [0.5, 0.6) is 0 Å². The quantitative estimate of drug-likeness (QED) is 0.173. The van der Waals surface area contributed by atoms with Gasteiger partial charge in [-0.2, -0.15) is 0 Å². The van der Waals surface area contributed by atoms with E-state index in [9.17, 15) is 0 Å². The van der Waals surface area contributed by atoms with Crippen molar-refractivity contribution in [2.75, 3.05) is 0 Å². The Hall–Kier alpha value is -4.81. The van der Waals surface area contributed by atoms with Crippen molar-refractivity contribution in [2.24, 2.45) is 0 Å². The van der Waals surface area contributed by atoms with E-state index in [1.165, 1.54) is 9.13 Å². The Morgan fingerprint density at radius 3 is 1.43 bits per heavy atom. The number of nitrogens with zero attached hydrogens (tertiary/aromatic N) is 6. The van der Waals surface area contributed by atoms with Crippen LogP contribution in [0.4, 0.5) is 8.78 Å². The number of rotatable bonds is 4. The van der Waals surface area contributed by atoms with Crippen molar-refractivity contribution in [1.29, 1.82) is 0 Å². The van der Waals surface area contributed by atoms with Gasteiger partial charge in [-0.1, -0.05) is 83.6 Å². The fourth-order valence-corrected chi connectivity index (χ4v) is 5.64. The maximum atomic E-state index is 15.7. The van der Waals surface area contributed by atoms with Crippen LogP contribution in [0.3, 0.4) is 0 Å². The van der Waals surface area contributed by atoms with Crippen molar-refractivity contribution in [2.45, 2.75) is 19.3 Å². The molecule has 6 nitrogen and oxygen atoms in total. The van der Waals surface area contributed by atoms with Gasteiger partial charge in [-0.05, 0) is 59.9 Å². The summed E-state index contributed by atoms with van der Waals surface area (Å²) in [7, 11) is 0. The summed E-state index contributed by atoms with van der Waals surface area (Å²) in [4.78, 5) is 18.6. The summed E-state index contributed by atoms with van der Waals surface area (Å²) in [5, 5.41) is 4.05. The zero-order valence-electron chi connectivity index (χ0n) is 23.5. The standard InChI is InChI=1S/C35H22F2N6.Pt/c1-35(2,29-17-21-9-3-5-11-23(21)33(40-29)42-19-27-25(31(42)36)13-7-15-38-27)30-18-22-10-4-6-12-24(22)34(41-30)43-20-28-26(32(43)37)14-8-16-39-28;/h3-18H,1-2H3;/q-2;+2. The smallest absolute Gasteiger partial charge is 0.403 e. The summed E-state index contributed by atoms with van der Waals surface area (Å²) < 4.78 is 34.1. The zero-order chi connectivity index (χ0) is 29.3. The van der Waals surface area contributed by atoms with E-state index in [4.69, 9.17) is 9.97 Å². The molecule has 8 rings (SSSR count). The Morgan fingerprint density at radius 2 is 1.00 bits per heavy atom. The third-order valence-electron chi connectivity index (χ3n) is 8.03. The van der Waals surface area contributed by atoms with Crippen LogP contribution >= 0.6 is 0 Å². The molecule has 0 amide bonds. The average Bonchev–Trinajstić information content (AvgIpc) is 3.56. The van der Waals surface area contributed by atoms with Gasteiger partial charge in [0, 0.05) is 40.2 Å². The third kappa shape index (κ3) is 4.24. The van der Waals surface area contributed by atoms with Gasteiger partial charge in [-0.15, -0.1) is 0 Å². The molecule has 0 saturated carbocycles. The van der Waals surface area contributed by atoms with Crippen molar-refractivity contribution in [3.05, 3.63) is 133 Å². The van der Waals surface area contributed by atoms with Gasteiger partial charge in [0.05, 0.1) is 23.5 Å². The fourth-order valence-electron chi connectivity index (χ4n) is 5.64. The maximum Gasteiger partial charge on any atom is 2.00 e. The minimum atomic E-state index is -0.778. The van der Waals surface area contributed by atoms with E-state index in [0.717, 1.165) is 21.5 Å². The molecule has 8 aromatic rings. The monoisotopic (exact) mass is 759 g/mol. The molecule has 216 valence electrons. The minimum Gasteiger partial charge on any atom is -0.403 e. The van der Waals surface area contributed by atoms with Crippen LogP contribution in [-0.2, 0) is 26.5 Å². The van der Waals surface area contributed by atoms with E-state index >= 15 is 8.78 Å². The van der Waals surface area contributed by atoms with E-state index in [1.807, 2.05) is 74.5 Å². The van der Waals surface area contributed by atoms with Gasteiger partial charge in [0.1, 0.15) is 0 Å². The Bertz CT molecular complexity index is 2210. The summed E-state index contributed by atoms with van der Waals surface area (Å²) >= 11 is 0. The molecule has 0 aliphatic rings. The molecule has 0 unspecified atom stereocenters. The number of benzene rings is 2. The normalized spacial score (nSPS) is 11.9. The molecule has 0 saturated heterocycles. The van der Waals surface area contributed by atoms with Crippen LogP contribution in [0.2, 0.25) is 0 Å². The van der Waals surface area contributed by atoms with Gasteiger partial charge in [-0.25, -0.2) is 0 Å². The fraction of sp³-hybridized carbons (Fsp3) is 0.0857. The van der Waals surface area contributed by atoms with Gasteiger partial charge in [-0.3, -0.25) is 28.7 Å². The summed E-state index contributed by atoms with van der Waals surface area (Å²) in [5.74, 6) is -0.165. The molecule has 0 aliphatic carbocycles. The number of halogens is 2. The first kappa shape index (κ1) is 28.0. The SMILES string of the molecule is CC(C)(c1cc2ccccc2c(-n2[c-]c3ncccc3c2F)n1)c1cc2ccccc2c(-n2[c-]c3ncccc3c2F)n1.[Pt+2]. The van der Waals surface area contributed by atoms with E-state index in [1.54, 1.807) is 36.7 Å². The van der Waals surface area contributed by atoms with Crippen LogP contribution < -0.4 is 0 Å². The molecular formula is C35H22F2N6Pt. The molecule has 2 aromatic carbocycles. The maximum absolute atomic E-state index is 15.7. The van der Waals surface area contributed by atoms with Gasteiger partial charge < -0.3 is 9.13 Å². The van der Waals surface area contributed by atoms with Crippen molar-refractivity contribution >= 4 is 43.4 Å². The van der Waals surface area contributed by atoms with Crippen molar-refractivity contribution in [3.8, 4) is 11.6 Å². The molecule has 44 heavy (non-hydrogen) atoms. The predicted molar refractivity (Wildman–Crippen MR) is 162 cm³/mol. The van der Waals surface area contributed by atoms with Crippen LogP contribution in [0.25, 0.3) is 55.0 Å². The van der Waals surface area contributed by atoms with Crippen LogP contribution in [0, 0.1) is 24.3 Å². The molecule has 0 aliphatic heterocycles. The minimum absolute atomic E-state index is 0. The number of hydrogen-bond acceptors (Lipinski definition) is 4. The molecule has 0 spiro atoms. The number of fused-ring (bicyclic) bond motifs is 4. The summed E-state index contributed by atoms with van der Waals surface area (Å²) in [6.45, 7) is 4.02. The predicted octanol–water partition coefficient (Wildman–Crippen LogP) is 7.66. The number of hydrogen-bond donors (Lipinski definition) is 0. The Balaban J connectivity index is 0.00000312. The van der Waals surface area contributed by atoms with Gasteiger partial charge >= 0.3 is 21.1 Å². The summed E-state index contributed by atoms with van der Waals surface area (Å²) in [6, 6.07) is 26.2. The molecule has 0 bridgehead atoms. The zero-order valence-corrected chi connectivity index (χ0v) is 25.8. The molecule has 6 heterocycles. The largest absolute Gasteiger partial charge is 2.00 e. The molecule has 0 atom stereocenters. The second-order valence-corrected chi connectivity index (χ2v) is 11.0. The Morgan fingerprint density at radius 1 is 0.591 bits per heavy atom. The molecule has 9 heteroatoms. The van der Waals surface area contributed by atoms with Crippen LogP contribution in [-0.4, -0.2) is 29.1 Å². The Labute approximate surface area is 265 Å². The van der Waals surface area contributed by atoms with E-state index < -0.39 is 17.3 Å². The molecule has 0 radical (unpaired) electrons. The number of pyridine rings is 4. The first-order chi connectivity index (χ1) is 20.9. The molecular weight excluding hydrogens is 738 g/mol. The topological polar surface area (TPSA) is 61.4 Å². The van der Waals surface area contributed by atoms with Gasteiger partial charge in [0.2, 0.25) is 0 Å². The number of aromatic nitrogens is 6.